The summed E-state index contributed by atoms with van der Waals surface area (Å²) in [6, 6.07) is 9.63. The van der Waals surface area contributed by atoms with Gasteiger partial charge in [-0.25, -0.2) is 19.0 Å². The summed E-state index contributed by atoms with van der Waals surface area (Å²) in [6.45, 7) is 16.7. The number of fused-ring (bicyclic) bond motifs is 3. The molecule has 3 atom stereocenters. The third-order valence-corrected chi connectivity index (χ3v) is 9.58. The summed E-state index contributed by atoms with van der Waals surface area (Å²) in [4.78, 5) is 47.9. The van der Waals surface area contributed by atoms with Crippen molar-refractivity contribution >= 4 is 40.5 Å². The van der Waals surface area contributed by atoms with Crippen LogP contribution in [0.2, 0.25) is 5.15 Å². The van der Waals surface area contributed by atoms with Crippen molar-refractivity contribution in [1.82, 2.24) is 35.0 Å². The smallest absolute Gasteiger partial charge is 0.410 e. The Balaban J connectivity index is 1.19. The Morgan fingerprint density at radius 2 is 1.58 bits per heavy atom. The average Bonchev–Trinajstić information content (AvgIpc) is 3.34. The van der Waals surface area contributed by atoms with Gasteiger partial charge in [0.2, 0.25) is 0 Å². The summed E-state index contributed by atoms with van der Waals surface area (Å²) in [5.41, 5.74) is -0.0482. The molecule has 3 aliphatic rings. The van der Waals surface area contributed by atoms with Crippen molar-refractivity contribution in [3.8, 4) is 6.01 Å². The lowest BCUT2D eigenvalue weighted by Crippen LogP contribution is -2.57. The van der Waals surface area contributed by atoms with Crippen molar-refractivity contribution in [3.05, 3.63) is 53.1 Å². The molecule has 2 amide bonds. The number of halogens is 2. The maximum atomic E-state index is 15.5. The summed E-state index contributed by atoms with van der Waals surface area (Å²) in [7, 11) is 0. The van der Waals surface area contributed by atoms with Crippen molar-refractivity contribution in [2.45, 2.75) is 90.3 Å². The van der Waals surface area contributed by atoms with Gasteiger partial charge in [0.1, 0.15) is 29.1 Å². The standard InChI is InChI=1S/C37H50ClFN8O5/c1-36(2,3)51-34(48)41-25(20-45-16-14-44(15-17-45)19-24-10-8-7-9-11-24)23-50-33-42-30-28(18-40-31(38)29(30)39)32(43-33)46-21-26-12-13-27(22-46)47(26)35(49)52-37(4,5)6/h7-11,18,25-27H,12-17,19-23H2,1-6H3,(H,41,48)/t25-,26?,27?/m1/s1. The van der Waals surface area contributed by atoms with Crippen LogP contribution in [-0.2, 0) is 16.0 Å². The Kier molecular flexibility index (Phi) is 11.3. The van der Waals surface area contributed by atoms with Gasteiger partial charge < -0.3 is 24.4 Å². The summed E-state index contributed by atoms with van der Waals surface area (Å²) >= 11 is 6.11. The molecule has 2 unspecified atom stereocenters. The van der Waals surface area contributed by atoms with Gasteiger partial charge in [-0.05, 0) is 59.9 Å². The van der Waals surface area contributed by atoms with Crippen molar-refractivity contribution in [3.63, 3.8) is 0 Å². The second kappa shape index (κ2) is 15.5. The van der Waals surface area contributed by atoms with Gasteiger partial charge >= 0.3 is 18.2 Å². The topological polar surface area (TPSA) is 125 Å². The van der Waals surface area contributed by atoms with Crippen molar-refractivity contribution in [2.75, 3.05) is 57.3 Å². The Morgan fingerprint density at radius 1 is 0.942 bits per heavy atom. The molecule has 0 radical (unpaired) electrons. The minimum absolute atomic E-state index is 0.00647. The van der Waals surface area contributed by atoms with E-state index in [1.54, 1.807) is 0 Å². The number of carbonyl (C=O) groups is 2. The lowest BCUT2D eigenvalue weighted by Gasteiger charge is -2.42. The number of alkyl carbamates (subject to hydrolysis) is 1. The number of nitrogens with zero attached hydrogens (tertiary/aromatic N) is 7. The molecule has 1 aromatic carbocycles. The molecule has 2 aromatic heterocycles. The van der Waals surface area contributed by atoms with E-state index < -0.39 is 29.2 Å². The van der Waals surface area contributed by atoms with Crippen molar-refractivity contribution in [2.24, 2.45) is 0 Å². The minimum Gasteiger partial charge on any atom is -0.461 e. The highest BCUT2D eigenvalue weighted by Gasteiger charge is 2.45. The highest BCUT2D eigenvalue weighted by atomic mass is 35.5. The molecule has 0 spiro atoms. The first-order valence-electron chi connectivity index (χ1n) is 18.0. The van der Waals surface area contributed by atoms with Gasteiger partial charge in [0.15, 0.2) is 11.0 Å². The molecule has 13 nitrogen and oxygen atoms in total. The number of piperazine rings is 2. The number of hydrogen-bond donors (Lipinski definition) is 1. The second-order valence-electron chi connectivity index (χ2n) is 15.8. The van der Waals surface area contributed by atoms with E-state index in [1.165, 1.54) is 11.8 Å². The van der Waals surface area contributed by atoms with Crippen LogP contribution < -0.4 is 15.0 Å². The Morgan fingerprint density at radius 3 is 2.21 bits per heavy atom. The molecular formula is C37H50ClFN8O5. The van der Waals surface area contributed by atoms with Crippen LogP contribution in [-0.4, -0.2) is 124 Å². The molecule has 6 rings (SSSR count). The molecule has 282 valence electrons. The molecule has 2 bridgehead atoms. The minimum atomic E-state index is -0.778. The van der Waals surface area contributed by atoms with Crippen LogP contribution in [0, 0.1) is 5.82 Å². The predicted octanol–water partition coefficient (Wildman–Crippen LogP) is 5.50. The summed E-state index contributed by atoms with van der Waals surface area (Å²) in [5.74, 6) is -0.338. The maximum Gasteiger partial charge on any atom is 0.410 e. The van der Waals surface area contributed by atoms with E-state index in [2.05, 4.69) is 49.4 Å². The maximum absolute atomic E-state index is 15.5. The number of amides is 2. The van der Waals surface area contributed by atoms with Crippen molar-refractivity contribution in [1.29, 1.82) is 0 Å². The first kappa shape index (κ1) is 37.7. The fourth-order valence-electron chi connectivity index (χ4n) is 7.07. The van der Waals surface area contributed by atoms with Gasteiger partial charge in [0.25, 0.3) is 0 Å². The number of anilines is 1. The monoisotopic (exact) mass is 740 g/mol. The molecule has 3 aromatic rings. The fourth-order valence-corrected chi connectivity index (χ4v) is 7.20. The van der Waals surface area contributed by atoms with Crippen LogP contribution in [0.15, 0.2) is 36.5 Å². The van der Waals surface area contributed by atoms with Crippen molar-refractivity contribution < 1.29 is 28.2 Å². The fraction of sp³-hybridized carbons (Fsp3) is 0.595. The number of aromatic nitrogens is 3. The quantitative estimate of drug-likeness (QED) is 0.280. The molecule has 52 heavy (non-hydrogen) atoms. The lowest BCUT2D eigenvalue weighted by atomic mass is 10.1. The highest BCUT2D eigenvalue weighted by molar-refractivity contribution is 6.30. The number of carbonyl (C=O) groups excluding carboxylic acids is 2. The van der Waals surface area contributed by atoms with Gasteiger partial charge in [-0.2, -0.15) is 9.97 Å². The first-order chi connectivity index (χ1) is 24.6. The zero-order valence-corrected chi connectivity index (χ0v) is 31.7. The van der Waals surface area contributed by atoms with E-state index in [0.717, 1.165) is 45.6 Å². The van der Waals surface area contributed by atoms with E-state index in [-0.39, 0.29) is 41.5 Å². The van der Waals surface area contributed by atoms with Crippen LogP contribution in [0.1, 0.15) is 59.9 Å². The van der Waals surface area contributed by atoms with Gasteiger partial charge in [0.05, 0.1) is 23.5 Å². The molecule has 0 saturated carbocycles. The number of rotatable bonds is 9. The molecule has 15 heteroatoms. The molecule has 1 N–H and O–H groups in total. The van der Waals surface area contributed by atoms with Crippen LogP contribution in [0.25, 0.3) is 10.9 Å². The number of pyridine rings is 1. The highest BCUT2D eigenvalue weighted by Crippen LogP contribution is 2.37. The van der Waals surface area contributed by atoms with Crippen LogP contribution in [0.3, 0.4) is 0 Å². The molecular weight excluding hydrogens is 691 g/mol. The normalized spacial score (nSPS) is 20.5. The predicted molar refractivity (Wildman–Crippen MR) is 196 cm³/mol. The van der Waals surface area contributed by atoms with Gasteiger partial charge in [-0.15, -0.1) is 0 Å². The number of benzene rings is 1. The summed E-state index contributed by atoms with van der Waals surface area (Å²) < 4.78 is 33.0. The molecule has 3 fully saturated rings. The largest absolute Gasteiger partial charge is 0.461 e. The zero-order chi connectivity index (χ0) is 37.2. The SMILES string of the molecule is CC(C)(C)OC(=O)N[C@@H](COc1nc(N2CC3CCC(C2)N3C(=O)OC(C)(C)C)c2cnc(Cl)c(F)c2n1)CN1CCN(Cc2ccccc2)CC1. The zero-order valence-electron chi connectivity index (χ0n) is 30.9. The summed E-state index contributed by atoms with van der Waals surface area (Å²) in [6.07, 6.45) is 2.18. The summed E-state index contributed by atoms with van der Waals surface area (Å²) in [5, 5.41) is 3.04. The first-order valence-corrected chi connectivity index (χ1v) is 18.4. The van der Waals surface area contributed by atoms with E-state index >= 15 is 4.39 Å². The third-order valence-electron chi connectivity index (χ3n) is 9.31. The lowest BCUT2D eigenvalue weighted by molar-refractivity contribution is 0.0122. The van der Waals surface area contributed by atoms with Gasteiger partial charge in [-0.3, -0.25) is 14.7 Å². The molecule has 0 aliphatic carbocycles. The van der Waals surface area contributed by atoms with E-state index in [0.29, 0.717) is 30.8 Å². The second-order valence-corrected chi connectivity index (χ2v) is 16.2. The van der Waals surface area contributed by atoms with E-state index in [1.807, 2.05) is 57.4 Å². The van der Waals surface area contributed by atoms with Crippen LogP contribution in [0.5, 0.6) is 6.01 Å². The molecule has 3 saturated heterocycles. The number of nitrogens with one attached hydrogen (secondary N) is 1. The number of ether oxygens (including phenoxy) is 3. The third kappa shape index (κ3) is 9.50. The van der Waals surface area contributed by atoms with Crippen LogP contribution in [0.4, 0.5) is 19.8 Å². The Bertz CT molecular complexity index is 1720. The van der Waals surface area contributed by atoms with Gasteiger partial charge in [0, 0.05) is 58.6 Å². The number of hydrogen-bond acceptors (Lipinski definition) is 11. The molecule has 5 heterocycles. The van der Waals surface area contributed by atoms with E-state index in [4.69, 9.17) is 30.8 Å². The average molecular weight is 741 g/mol. The van der Waals surface area contributed by atoms with E-state index in [9.17, 15) is 9.59 Å². The molecule has 3 aliphatic heterocycles. The Hall–Kier alpha value is -4.01. The Labute approximate surface area is 309 Å². The van der Waals surface area contributed by atoms with Gasteiger partial charge in [-0.1, -0.05) is 41.9 Å². The van der Waals surface area contributed by atoms with Crippen LogP contribution >= 0.6 is 11.6 Å².